The monoisotopic (exact) mass is 472 g/mol. The highest BCUT2D eigenvalue weighted by molar-refractivity contribution is 5.85. The highest BCUT2D eigenvalue weighted by atomic mass is 35.5. The summed E-state index contributed by atoms with van der Waals surface area (Å²) in [4.78, 5) is 17.0. The van der Waals surface area contributed by atoms with Gasteiger partial charge in [-0.2, -0.15) is 0 Å². The smallest absolute Gasteiger partial charge is 0.241 e. The molecule has 2 aromatic carbocycles. The van der Waals surface area contributed by atoms with Crippen LogP contribution < -0.4 is 10.6 Å². The highest BCUT2D eigenvalue weighted by Gasteiger charge is 2.31. The predicted octanol–water partition coefficient (Wildman–Crippen LogP) is 2.60. The van der Waals surface area contributed by atoms with Crippen LogP contribution in [0.25, 0.3) is 0 Å². The maximum absolute atomic E-state index is 13.4. The number of carbonyl (C=O) groups excluding carboxylic acids is 1. The summed E-state index contributed by atoms with van der Waals surface area (Å²) in [6.45, 7) is 5.01. The van der Waals surface area contributed by atoms with E-state index in [2.05, 4.69) is 15.5 Å². The fraction of sp³-hybridized carbons (Fsp3) is 0.409. The zero-order chi connectivity index (χ0) is 20.2. The van der Waals surface area contributed by atoms with E-state index in [1.807, 2.05) is 4.90 Å². The van der Waals surface area contributed by atoms with Crippen LogP contribution in [0.5, 0.6) is 0 Å². The Morgan fingerprint density at radius 3 is 1.81 bits per heavy atom. The molecule has 4 rings (SSSR count). The molecule has 2 fully saturated rings. The van der Waals surface area contributed by atoms with Gasteiger partial charge in [-0.05, 0) is 35.4 Å². The van der Waals surface area contributed by atoms with Crippen LogP contribution in [-0.4, -0.2) is 67.6 Å². The molecular formula is C22H28Cl2F2N4O. The third kappa shape index (κ3) is 6.14. The largest absolute Gasteiger partial charge is 0.339 e. The van der Waals surface area contributed by atoms with E-state index >= 15 is 0 Å². The SMILES string of the molecule is Cl.Cl.O=C(C1CNCCN1)N1CCN(C(c2ccc(F)cc2)c2ccc(F)cc2)CC1. The molecule has 0 saturated carbocycles. The lowest BCUT2D eigenvalue weighted by Crippen LogP contribution is -2.59. The van der Waals surface area contributed by atoms with Crippen molar-refractivity contribution in [2.75, 3.05) is 45.8 Å². The second-order valence-electron chi connectivity index (χ2n) is 7.58. The number of halogens is 4. The van der Waals surface area contributed by atoms with Gasteiger partial charge < -0.3 is 15.5 Å². The van der Waals surface area contributed by atoms with Crippen molar-refractivity contribution in [2.45, 2.75) is 12.1 Å². The van der Waals surface area contributed by atoms with E-state index < -0.39 is 0 Å². The molecule has 170 valence electrons. The number of amides is 1. The van der Waals surface area contributed by atoms with Crippen LogP contribution in [0.4, 0.5) is 8.78 Å². The summed E-state index contributed by atoms with van der Waals surface area (Å²) in [5, 5.41) is 6.53. The summed E-state index contributed by atoms with van der Waals surface area (Å²) in [6.07, 6.45) is 0. The van der Waals surface area contributed by atoms with Crippen LogP contribution in [0.1, 0.15) is 17.2 Å². The summed E-state index contributed by atoms with van der Waals surface area (Å²) in [5.74, 6) is -0.428. The molecule has 1 amide bonds. The Morgan fingerprint density at radius 2 is 1.35 bits per heavy atom. The maximum atomic E-state index is 13.4. The number of hydrogen-bond donors (Lipinski definition) is 2. The lowest BCUT2D eigenvalue weighted by molar-refractivity contribution is -0.135. The van der Waals surface area contributed by atoms with Crippen molar-refractivity contribution in [3.05, 3.63) is 71.3 Å². The van der Waals surface area contributed by atoms with Crippen molar-refractivity contribution in [1.82, 2.24) is 20.4 Å². The molecule has 1 unspecified atom stereocenters. The maximum Gasteiger partial charge on any atom is 0.241 e. The zero-order valence-corrected chi connectivity index (χ0v) is 18.7. The molecule has 2 aromatic rings. The first-order valence-corrected chi connectivity index (χ1v) is 10.1. The van der Waals surface area contributed by atoms with E-state index in [0.29, 0.717) is 32.7 Å². The first-order chi connectivity index (χ1) is 14.1. The Labute approximate surface area is 194 Å². The average molecular weight is 473 g/mol. The van der Waals surface area contributed by atoms with Crippen LogP contribution in [0, 0.1) is 11.6 Å². The highest BCUT2D eigenvalue weighted by Crippen LogP contribution is 2.30. The summed E-state index contributed by atoms with van der Waals surface area (Å²) in [7, 11) is 0. The minimum Gasteiger partial charge on any atom is -0.339 e. The fourth-order valence-electron chi connectivity index (χ4n) is 4.15. The van der Waals surface area contributed by atoms with Gasteiger partial charge in [-0.15, -0.1) is 24.8 Å². The van der Waals surface area contributed by atoms with Crippen LogP contribution in [-0.2, 0) is 4.79 Å². The number of hydrogen-bond acceptors (Lipinski definition) is 4. The van der Waals surface area contributed by atoms with Crippen LogP contribution >= 0.6 is 24.8 Å². The van der Waals surface area contributed by atoms with Gasteiger partial charge in [-0.3, -0.25) is 9.69 Å². The minimum absolute atomic E-state index is 0. The molecule has 0 radical (unpaired) electrons. The molecule has 2 N–H and O–H groups in total. The third-order valence-electron chi connectivity index (χ3n) is 5.70. The molecule has 0 spiro atoms. The molecule has 1 atom stereocenters. The predicted molar refractivity (Wildman–Crippen MR) is 122 cm³/mol. The van der Waals surface area contributed by atoms with E-state index in [1.54, 1.807) is 24.3 Å². The van der Waals surface area contributed by atoms with E-state index in [1.165, 1.54) is 24.3 Å². The molecule has 2 saturated heterocycles. The van der Waals surface area contributed by atoms with Crippen molar-refractivity contribution < 1.29 is 13.6 Å². The first kappa shape index (κ1) is 25.5. The number of piperazine rings is 2. The second kappa shape index (κ2) is 11.7. The number of benzene rings is 2. The summed E-state index contributed by atoms with van der Waals surface area (Å²) >= 11 is 0. The number of nitrogens with zero attached hydrogens (tertiary/aromatic N) is 2. The van der Waals surface area contributed by atoms with Crippen molar-refractivity contribution in [2.24, 2.45) is 0 Å². The van der Waals surface area contributed by atoms with Crippen molar-refractivity contribution >= 4 is 30.7 Å². The Kier molecular flexibility index (Phi) is 9.65. The Hall–Kier alpha value is -1.77. The van der Waals surface area contributed by atoms with E-state index in [-0.39, 0.29) is 54.4 Å². The lowest BCUT2D eigenvalue weighted by Gasteiger charge is -2.41. The van der Waals surface area contributed by atoms with Gasteiger partial charge >= 0.3 is 0 Å². The molecule has 2 heterocycles. The van der Waals surface area contributed by atoms with Crippen molar-refractivity contribution in [1.29, 1.82) is 0 Å². The van der Waals surface area contributed by atoms with Gasteiger partial charge in [0.25, 0.3) is 0 Å². The molecule has 2 aliphatic heterocycles. The van der Waals surface area contributed by atoms with Crippen LogP contribution in [0.15, 0.2) is 48.5 Å². The second-order valence-corrected chi connectivity index (χ2v) is 7.58. The van der Waals surface area contributed by atoms with Gasteiger partial charge in [0.1, 0.15) is 11.6 Å². The average Bonchev–Trinajstić information content (AvgIpc) is 2.77. The molecule has 31 heavy (non-hydrogen) atoms. The molecular weight excluding hydrogens is 445 g/mol. The van der Waals surface area contributed by atoms with Gasteiger partial charge in [0, 0.05) is 45.8 Å². The minimum atomic E-state index is -0.282. The molecule has 0 aromatic heterocycles. The van der Waals surface area contributed by atoms with Crippen LogP contribution in [0.3, 0.4) is 0 Å². The topological polar surface area (TPSA) is 47.6 Å². The zero-order valence-electron chi connectivity index (χ0n) is 17.1. The van der Waals surface area contributed by atoms with Gasteiger partial charge in [0.05, 0.1) is 12.1 Å². The molecule has 9 heteroatoms. The summed E-state index contributed by atoms with van der Waals surface area (Å²) in [6, 6.07) is 12.6. The van der Waals surface area contributed by atoms with Gasteiger partial charge in [-0.25, -0.2) is 8.78 Å². The van der Waals surface area contributed by atoms with Crippen LogP contribution in [0.2, 0.25) is 0 Å². The standard InChI is InChI=1S/C22H26F2N4O.2ClH/c23-18-5-1-16(2-6-18)21(17-3-7-19(24)8-4-17)27-11-13-28(14-12-27)22(29)20-15-25-9-10-26-20;;/h1-8,20-21,25-26H,9-15H2;2*1H. The first-order valence-electron chi connectivity index (χ1n) is 10.1. The van der Waals surface area contributed by atoms with E-state index in [9.17, 15) is 13.6 Å². The van der Waals surface area contributed by atoms with Gasteiger partial charge in [-0.1, -0.05) is 24.3 Å². The van der Waals surface area contributed by atoms with E-state index in [4.69, 9.17) is 0 Å². The Morgan fingerprint density at radius 1 is 0.839 bits per heavy atom. The van der Waals surface area contributed by atoms with Crippen molar-refractivity contribution in [3.63, 3.8) is 0 Å². The number of nitrogens with one attached hydrogen (secondary N) is 2. The fourth-order valence-corrected chi connectivity index (χ4v) is 4.15. The Balaban J connectivity index is 0.00000171. The quantitative estimate of drug-likeness (QED) is 0.717. The Bertz CT molecular complexity index is 779. The van der Waals surface area contributed by atoms with Gasteiger partial charge in [0.15, 0.2) is 0 Å². The molecule has 0 aliphatic carbocycles. The lowest BCUT2D eigenvalue weighted by atomic mass is 9.96. The molecule has 5 nitrogen and oxygen atoms in total. The summed E-state index contributed by atoms with van der Waals surface area (Å²) in [5.41, 5.74) is 1.91. The number of carbonyl (C=O) groups is 1. The molecule has 2 aliphatic rings. The number of rotatable bonds is 4. The summed E-state index contributed by atoms with van der Waals surface area (Å²) < 4.78 is 26.9. The third-order valence-corrected chi connectivity index (χ3v) is 5.70. The normalized spacial score (nSPS) is 19.5. The van der Waals surface area contributed by atoms with E-state index in [0.717, 1.165) is 24.2 Å². The van der Waals surface area contributed by atoms with Crippen molar-refractivity contribution in [3.8, 4) is 0 Å². The molecule has 0 bridgehead atoms. The van der Waals surface area contributed by atoms with Gasteiger partial charge in [0.2, 0.25) is 5.91 Å².